The van der Waals surface area contributed by atoms with Gasteiger partial charge >= 0.3 is 0 Å². The molecule has 1 nitrogen and oxygen atoms in total. The van der Waals surface area contributed by atoms with Crippen LogP contribution in [-0.4, -0.2) is 0 Å². The van der Waals surface area contributed by atoms with Gasteiger partial charge < -0.3 is 4.90 Å². The molecule has 0 amide bonds. The molecule has 2 bridgehead atoms. The number of rotatable bonds is 5. The van der Waals surface area contributed by atoms with Crippen molar-refractivity contribution >= 4 is 27.8 Å². The van der Waals surface area contributed by atoms with E-state index < -0.39 is 0 Å². The molecule has 3 aliphatic carbocycles. The van der Waals surface area contributed by atoms with Crippen LogP contribution in [0.5, 0.6) is 0 Å². The average molecular weight is 672 g/mol. The van der Waals surface area contributed by atoms with Crippen LogP contribution < -0.4 is 4.90 Å². The van der Waals surface area contributed by atoms with Gasteiger partial charge in [-0.25, -0.2) is 0 Å². The largest absolute Gasteiger partial charge is 0.310 e. The normalized spacial score (nSPS) is 23.0. The standard InChI is InChI=1S/C51H45N/c1-34-28-36-30-35(2)51(43(29-34)31-36)47-18-11-19-49(50(47)46-27-23-42(33-48(46)51)38-14-7-4-8-15-38)52(45-26-22-39-16-9-10-17-41(39)32-45)44-24-20-40(21-25-44)37-12-5-3-6-13-37/h3-27,32-36,43H,28-31H2,1-2H3. The van der Waals surface area contributed by atoms with Gasteiger partial charge in [0, 0.05) is 22.4 Å². The summed E-state index contributed by atoms with van der Waals surface area (Å²) in [6.45, 7) is 5.09. The third kappa shape index (κ3) is 4.90. The minimum absolute atomic E-state index is 0.0110. The topological polar surface area (TPSA) is 3.24 Å². The highest BCUT2D eigenvalue weighted by atomic mass is 15.1. The number of anilines is 3. The van der Waals surface area contributed by atoms with E-state index in [-0.39, 0.29) is 5.41 Å². The van der Waals surface area contributed by atoms with Gasteiger partial charge in [-0.1, -0.05) is 141 Å². The van der Waals surface area contributed by atoms with Crippen LogP contribution in [0.3, 0.4) is 0 Å². The van der Waals surface area contributed by atoms with Crippen LogP contribution in [0.1, 0.15) is 50.7 Å². The molecule has 0 aliphatic heterocycles. The highest BCUT2D eigenvalue weighted by Crippen LogP contribution is 2.66. The minimum Gasteiger partial charge on any atom is -0.310 e. The van der Waals surface area contributed by atoms with E-state index in [4.69, 9.17) is 0 Å². The zero-order valence-corrected chi connectivity index (χ0v) is 30.2. The Hall–Kier alpha value is -5.40. The van der Waals surface area contributed by atoms with Crippen LogP contribution >= 0.6 is 0 Å². The number of benzene rings is 7. The van der Waals surface area contributed by atoms with E-state index in [1.165, 1.54) is 86.9 Å². The van der Waals surface area contributed by atoms with E-state index in [9.17, 15) is 0 Å². The van der Waals surface area contributed by atoms with Crippen LogP contribution in [0.4, 0.5) is 17.1 Å². The van der Waals surface area contributed by atoms with Crippen molar-refractivity contribution in [1.29, 1.82) is 0 Å². The molecule has 1 spiro atoms. The van der Waals surface area contributed by atoms with E-state index in [1.807, 2.05) is 0 Å². The summed E-state index contributed by atoms with van der Waals surface area (Å²) in [5.74, 6) is 2.78. The fourth-order valence-electron chi connectivity index (χ4n) is 11.0. The van der Waals surface area contributed by atoms with Crippen molar-refractivity contribution in [3.63, 3.8) is 0 Å². The summed E-state index contributed by atoms with van der Waals surface area (Å²) in [6, 6.07) is 61.3. The van der Waals surface area contributed by atoms with Gasteiger partial charge in [-0.15, -0.1) is 0 Å². The van der Waals surface area contributed by atoms with Crippen molar-refractivity contribution in [2.45, 2.75) is 44.9 Å². The Morgan fingerprint density at radius 3 is 1.90 bits per heavy atom. The van der Waals surface area contributed by atoms with Crippen LogP contribution in [-0.2, 0) is 5.41 Å². The van der Waals surface area contributed by atoms with Gasteiger partial charge in [0.05, 0.1) is 5.69 Å². The highest BCUT2D eigenvalue weighted by molar-refractivity contribution is 5.98. The first-order chi connectivity index (χ1) is 25.6. The third-order valence-corrected chi connectivity index (χ3v) is 12.9. The van der Waals surface area contributed by atoms with Crippen molar-refractivity contribution in [1.82, 2.24) is 0 Å². The van der Waals surface area contributed by atoms with Gasteiger partial charge in [-0.05, 0) is 135 Å². The average Bonchev–Trinajstić information content (AvgIpc) is 3.49. The Labute approximate surface area is 308 Å². The monoisotopic (exact) mass is 671 g/mol. The van der Waals surface area contributed by atoms with Gasteiger partial charge in [0.2, 0.25) is 0 Å². The van der Waals surface area contributed by atoms with Crippen LogP contribution in [0, 0.1) is 23.7 Å². The SMILES string of the molecule is CC1CC2CC(C)C3(c4cc(-c5ccccc5)ccc4-c4c(N(c5ccc(-c6ccccc6)cc5)c5ccc6ccccc6c5)cccc43)C(C1)C2. The Morgan fingerprint density at radius 2 is 1.13 bits per heavy atom. The molecule has 10 rings (SSSR count). The lowest BCUT2D eigenvalue weighted by Gasteiger charge is -2.54. The number of hydrogen-bond acceptors (Lipinski definition) is 1. The van der Waals surface area contributed by atoms with E-state index in [0.29, 0.717) is 11.8 Å². The molecule has 1 heteroatoms. The van der Waals surface area contributed by atoms with Crippen molar-refractivity contribution in [3.8, 4) is 33.4 Å². The zero-order valence-electron chi connectivity index (χ0n) is 30.2. The smallest absolute Gasteiger partial charge is 0.0543 e. The van der Waals surface area contributed by atoms with Crippen molar-refractivity contribution in [2.75, 3.05) is 4.90 Å². The molecule has 5 atom stereocenters. The van der Waals surface area contributed by atoms with Crippen LogP contribution in [0.2, 0.25) is 0 Å². The van der Waals surface area contributed by atoms with E-state index in [2.05, 4.69) is 183 Å². The first kappa shape index (κ1) is 31.3. The lowest BCUT2D eigenvalue weighted by molar-refractivity contribution is 0.0426. The van der Waals surface area contributed by atoms with Gasteiger partial charge in [-0.3, -0.25) is 0 Å². The summed E-state index contributed by atoms with van der Waals surface area (Å²) >= 11 is 0. The molecule has 2 saturated carbocycles. The second-order valence-corrected chi connectivity index (χ2v) is 16.0. The maximum Gasteiger partial charge on any atom is 0.0543 e. The predicted molar refractivity (Wildman–Crippen MR) is 219 cm³/mol. The number of nitrogens with zero attached hydrogens (tertiary/aromatic N) is 1. The predicted octanol–water partition coefficient (Wildman–Crippen LogP) is 14.0. The van der Waals surface area contributed by atoms with E-state index in [0.717, 1.165) is 11.8 Å². The lowest BCUT2D eigenvalue weighted by atomic mass is 9.49. The van der Waals surface area contributed by atoms with Crippen LogP contribution in [0.15, 0.2) is 164 Å². The third-order valence-electron chi connectivity index (χ3n) is 12.9. The zero-order chi connectivity index (χ0) is 34.8. The Bertz CT molecular complexity index is 2410. The summed E-state index contributed by atoms with van der Waals surface area (Å²) in [7, 11) is 0. The fourth-order valence-corrected chi connectivity index (χ4v) is 11.0. The number of hydrogen-bond donors (Lipinski definition) is 0. The number of fused-ring (bicyclic) bond motifs is 9. The molecule has 7 aromatic carbocycles. The molecule has 0 radical (unpaired) electrons. The van der Waals surface area contributed by atoms with Gasteiger partial charge in [0.15, 0.2) is 0 Å². The summed E-state index contributed by atoms with van der Waals surface area (Å²) in [5.41, 5.74) is 14.6. The highest BCUT2D eigenvalue weighted by Gasteiger charge is 2.57. The first-order valence-corrected chi connectivity index (χ1v) is 19.4. The summed E-state index contributed by atoms with van der Waals surface area (Å²) in [4.78, 5) is 2.54. The molecular formula is C51H45N. The van der Waals surface area contributed by atoms with E-state index in [1.54, 1.807) is 11.1 Å². The molecule has 0 heterocycles. The fraction of sp³-hybridized carbons (Fsp3) is 0.216. The molecule has 254 valence electrons. The molecule has 5 unspecified atom stereocenters. The molecule has 0 saturated heterocycles. The van der Waals surface area contributed by atoms with Gasteiger partial charge in [-0.2, -0.15) is 0 Å². The maximum absolute atomic E-state index is 2.60. The summed E-state index contributed by atoms with van der Waals surface area (Å²) in [6.07, 6.45) is 5.32. The van der Waals surface area contributed by atoms with E-state index >= 15 is 0 Å². The van der Waals surface area contributed by atoms with Crippen molar-refractivity contribution < 1.29 is 0 Å². The quantitative estimate of drug-likeness (QED) is 0.176. The molecule has 0 N–H and O–H groups in total. The molecule has 52 heavy (non-hydrogen) atoms. The second-order valence-electron chi connectivity index (χ2n) is 16.0. The summed E-state index contributed by atoms with van der Waals surface area (Å²) in [5, 5.41) is 2.52. The molecule has 2 fully saturated rings. The second kappa shape index (κ2) is 12.4. The molecule has 0 aromatic heterocycles. The van der Waals surface area contributed by atoms with Crippen molar-refractivity contribution in [3.05, 3.63) is 175 Å². The van der Waals surface area contributed by atoms with Crippen molar-refractivity contribution in [2.24, 2.45) is 23.7 Å². The summed E-state index contributed by atoms with van der Waals surface area (Å²) < 4.78 is 0. The molecule has 7 aromatic rings. The molecular weight excluding hydrogens is 627 g/mol. The minimum atomic E-state index is -0.0110. The Morgan fingerprint density at radius 1 is 0.481 bits per heavy atom. The lowest BCUT2D eigenvalue weighted by Crippen LogP contribution is -2.49. The van der Waals surface area contributed by atoms with Crippen LogP contribution in [0.25, 0.3) is 44.2 Å². The first-order valence-electron chi connectivity index (χ1n) is 19.4. The maximum atomic E-state index is 2.60. The Kier molecular flexibility index (Phi) is 7.46. The van der Waals surface area contributed by atoms with Gasteiger partial charge in [0.25, 0.3) is 0 Å². The van der Waals surface area contributed by atoms with Gasteiger partial charge in [0.1, 0.15) is 0 Å². The molecule has 3 aliphatic rings. The Balaban J connectivity index is 1.22.